The fourth-order valence-corrected chi connectivity index (χ4v) is 3.07. The lowest BCUT2D eigenvalue weighted by atomic mass is 10.2. The number of ether oxygens (including phenoxy) is 1. The van der Waals surface area contributed by atoms with Crippen LogP contribution in [0.3, 0.4) is 0 Å². The van der Waals surface area contributed by atoms with Crippen LogP contribution < -0.4 is 20.3 Å². The van der Waals surface area contributed by atoms with Crippen LogP contribution in [0.5, 0.6) is 5.75 Å². The molecule has 152 valence electrons. The highest BCUT2D eigenvalue weighted by Crippen LogP contribution is 2.23. The highest BCUT2D eigenvalue weighted by Gasteiger charge is 2.30. The number of hydrogen-bond donors (Lipinski definition) is 2. The molecular weight excluding hydrogens is 372 g/mol. The second-order valence-electron chi connectivity index (χ2n) is 6.59. The van der Waals surface area contributed by atoms with Crippen molar-refractivity contribution in [3.8, 4) is 5.75 Å². The molecule has 0 atom stereocenters. The van der Waals surface area contributed by atoms with E-state index in [-0.39, 0.29) is 24.4 Å². The van der Waals surface area contributed by atoms with Crippen LogP contribution in [-0.4, -0.2) is 49.0 Å². The molecule has 0 aromatic heterocycles. The summed E-state index contributed by atoms with van der Waals surface area (Å²) in [6.45, 7) is 4.89. The highest BCUT2D eigenvalue weighted by molar-refractivity contribution is 5.99. The molecule has 1 heterocycles. The molecule has 8 nitrogen and oxygen atoms in total. The average Bonchev–Trinajstić information content (AvgIpc) is 3.04. The van der Waals surface area contributed by atoms with Gasteiger partial charge < -0.3 is 20.3 Å². The van der Waals surface area contributed by atoms with Crippen LogP contribution >= 0.6 is 0 Å². The molecule has 1 aliphatic rings. The van der Waals surface area contributed by atoms with Crippen LogP contribution in [0.4, 0.5) is 21.9 Å². The second kappa shape index (κ2) is 9.09. The van der Waals surface area contributed by atoms with Crippen molar-refractivity contribution in [3.05, 3.63) is 48.5 Å². The minimum atomic E-state index is -0.279. The summed E-state index contributed by atoms with van der Waals surface area (Å²) in [5, 5.41) is 5.43. The minimum absolute atomic E-state index is 0.0280. The zero-order chi connectivity index (χ0) is 20.8. The summed E-state index contributed by atoms with van der Waals surface area (Å²) < 4.78 is 5.42. The number of rotatable bonds is 7. The molecule has 0 saturated carbocycles. The van der Waals surface area contributed by atoms with Crippen LogP contribution in [0, 0.1) is 0 Å². The molecule has 29 heavy (non-hydrogen) atoms. The predicted molar refractivity (Wildman–Crippen MR) is 111 cm³/mol. The molecule has 0 spiro atoms. The Morgan fingerprint density at radius 2 is 1.59 bits per heavy atom. The molecule has 3 rings (SSSR count). The Bertz CT molecular complexity index is 881. The zero-order valence-corrected chi connectivity index (χ0v) is 16.5. The summed E-state index contributed by atoms with van der Waals surface area (Å²) in [6.07, 6.45) is 0. The quantitative estimate of drug-likeness (QED) is 0.753. The number of hydrogen-bond acceptors (Lipinski definition) is 4. The number of carbonyl (C=O) groups is 3. The molecule has 0 unspecified atom stereocenters. The van der Waals surface area contributed by atoms with E-state index in [9.17, 15) is 14.4 Å². The van der Waals surface area contributed by atoms with Gasteiger partial charge in [-0.2, -0.15) is 0 Å². The molecule has 2 aromatic rings. The summed E-state index contributed by atoms with van der Waals surface area (Å²) in [7, 11) is 0. The van der Waals surface area contributed by atoms with Crippen LogP contribution in [-0.2, 0) is 9.59 Å². The first-order chi connectivity index (χ1) is 14.0. The van der Waals surface area contributed by atoms with Gasteiger partial charge in [0.1, 0.15) is 12.3 Å². The van der Waals surface area contributed by atoms with Gasteiger partial charge in [-0.15, -0.1) is 0 Å². The molecule has 2 N–H and O–H groups in total. The number of nitrogens with zero attached hydrogens (tertiary/aromatic N) is 2. The van der Waals surface area contributed by atoms with E-state index in [1.807, 2.05) is 31.2 Å². The van der Waals surface area contributed by atoms with Gasteiger partial charge in [-0.25, -0.2) is 4.79 Å². The topological polar surface area (TPSA) is 91.0 Å². The standard InChI is InChI=1S/C21H24N4O4/c1-3-29-19-10-8-18(9-11-19)25-13-12-24(21(25)28)14-20(27)23-17-6-4-16(5-7-17)22-15(2)26/h4-11H,3,12-14H2,1-2H3,(H,22,26)(H,23,27). The van der Waals surface area contributed by atoms with E-state index in [1.165, 1.54) is 11.8 Å². The summed E-state index contributed by atoms with van der Waals surface area (Å²) >= 11 is 0. The molecule has 2 aromatic carbocycles. The highest BCUT2D eigenvalue weighted by atomic mass is 16.5. The van der Waals surface area contributed by atoms with Crippen molar-refractivity contribution in [2.45, 2.75) is 13.8 Å². The van der Waals surface area contributed by atoms with Crippen molar-refractivity contribution in [2.75, 3.05) is 41.8 Å². The average molecular weight is 396 g/mol. The Balaban J connectivity index is 1.54. The van der Waals surface area contributed by atoms with Gasteiger partial charge in [-0.05, 0) is 55.5 Å². The SMILES string of the molecule is CCOc1ccc(N2CCN(CC(=O)Nc3ccc(NC(C)=O)cc3)C2=O)cc1. The number of amides is 4. The van der Waals surface area contributed by atoms with Crippen molar-refractivity contribution >= 4 is 34.9 Å². The smallest absolute Gasteiger partial charge is 0.325 e. The lowest BCUT2D eigenvalue weighted by Crippen LogP contribution is -2.37. The lowest BCUT2D eigenvalue weighted by Gasteiger charge is -2.19. The van der Waals surface area contributed by atoms with E-state index in [0.29, 0.717) is 31.1 Å². The summed E-state index contributed by atoms with van der Waals surface area (Å²) in [4.78, 5) is 39.2. The minimum Gasteiger partial charge on any atom is -0.494 e. The zero-order valence-electron chi connectivity index (χ0n) is 16.5. The van der Waals surface area contributed by atoms with E-state index in [1.54, 1.807) is 29.2 Å². The Kier molecular flexibility index (Phi) is 6.33. The molecule has 4 amide bonds. The number of nitrogens with one attached hydrogen (secondary N) is 2. The van der Waals surface area contributed by atoms with Crippen molar-refractivity contribution < 1.29 is 19.1 Å². The summed E-state index contributed by atoms with van der Waals surface area (Å²) in [5.74, 6) is 0.314. The summed E-state index contributed by atoms with van der Waals surface area (Å²) in [6, 6.07) is 13.9. The number of carbonyl (C=O) groups excluding carboxylic acids is 3. The third-order valence-electron chi connectivity index (χ3n) is 4.38. The van der Waals surface area contributed by atoms with Crippen molar-refractivity contribution in [1.29, 1.82) is 0 Å². The van der Waals surface area contributed by atoms with Crippen LogP contribution in [0.2, 0.25) is 0 Å². The van der Waals surface area contributed by atoms with Gasteiger partial charge >= 0.3 is 6.03 Å². The van der Waals surface area contributed by atoms with Crippen molar-refractivity contribution in [3.63, 3.8) is 0 Å². The summed E-state index contributed by atoms with van der Waals surface area (Å²) in [5.41, 5.74) is 2.02. The number of benzene rings is 2. The van der Waals surface area contributed by atoms with E-state index >= 15 is 0 Å². The predicted octanol–water partition coefficient (Wildman–Crippen LogP) is 2.92. The monoisotopic (exact) mass is 396 g/mol. The third-order valence-corrected chi connectivity index (χ3v) is 4.38. The maximum atomic E-state index is 12.7. The molecule has 1 aliphatic heterocycles. The molecular formula is C21H24N4O4. The first-order valence-electron chi connectivity index (χ1n) is 9.43. The van der Waals surface area contributed by atoms with Gasteiger partial charge in [0, 0.05) is 37.1 Å². The Morgan fingerprint density at radius 1 is 0.966 bits per heavy atom. The first kappa shape index (κ1) is 20.2. The van der Waals surface area contributed by atoms with Crippen molar-refractivity contribution in [1.82, 2.24) is 4.90 Å². The normalized spacial score (nSPS) is 13.4. The fraction of sp³-hybridized carbons (Fsp3) is 0.286. The van der Waals surface area contributed by atoms with E-state index in [4.69, 9.17) is 4.74 Å². The molecule has 0 aliphatic carbocycles. The fourth-order valence-electron chi connectivity index (χ4n) is 3.07. The van der Waals surface area contributed by atoms with Crippen LogP contribution in [0.25, 0.3) is 0 Å². The largest absolute Gasteiger partial charge is 0.494 e. The van der Waals surface area contributed by atoms with E-state index in [0.717, 1.165) is 11.4 Å². The Morgan fingerprint density at radius 3 is 2.17 bits per heavy atom. The van der Waals surface area contributed by atoms with Gasteiger partial charge in [0.05, 0.1) is 6.61 Å². The van der Waals surface area contributed by atoms with Gasteiger partial charge in [0.15, 0.2) is 0 Å². The molecule has 8 heteroatoms. The van der Waals surface area contributed by atoms with Crippen LogP contribution in [0.15, 0.2) is 48.5 Å². The van der Waals surface area contributed by atoms with Gasteiger partial charge in [-0.3, -0.25) is 14.5 Å². The molecule has 1 fully saturated rings. The van der Waals surface area contributed by atoms with Gasteiger partial charge in [0.2, 0.25) is 11.8 Å². The Hall–Kier alpha value is -3.55. The maximum absolute atomic E-state index is 12.7. The van der Waals surface area contributed by atoms with Crippen molar-refractivity contribution in [2.24, 2.45) is 0 Å². The van der Waals surface area contributed by atoms with Gasteiger partial charge in [0.25, 0.3) is 0 Å². The first-order valence-corrected chi connectivity index (χ1v) is 9.43. The number of anilines is 3. The lowest BCUT2D eigenvalue weighted by molar-refractivity contribution is -0.116. The van der Waals surface area contributed by atoms with E-state index in [2.05, 4.69) is 10.6 Å². The molecule has 0 bridgehead atoms. The van der Waals surface area contributed by atoms with E-state index < -0.39 is 0 Å². The maximum Gasteiger partial charge on any atom is 0.325 e. The van der Waals surface area contributed by atoms with Gasteiger partial charge in [-0.1, -0.05) is 0 Å². The molecule has 0 radical (unpaired) electrons. The van der Waals surface area contributed by atoms with Crippen LogP contribution in [0.1, 0.15) is 13.8 Å². The second-order valence-corrected chi connectivity index (χ2v) is 6.59. The Labute approximate surface area is 169 Å². The molecule has 1 saturated heterocycles. The number of urea groups is 1. The third kappa shape index (κ3) is 5.25.